The summed E-state index contributed by atoms with van der Waals surface area (Å²) in [4.78, 5) is 13.9. The summed E-state index contributed by atoms with van der Waals surface area (Å²) < 4.78 is 0.909. The molecule has 0 radical (unpaired) electrons. The fourth-order valence-electron chi connectivity index (χ4n) is 0.664. The van der Waals surface area contributed by atoms with Crippen LogP contribution in [0, 0.1) is 0 Å². The first-order chi connectivity index (χ1) is 4.83. The van der Waals surface area contributed by atoms with Crippen LogP contribution in [0.15, 0.2) is 22.9 Å². The van der Waals surface area contributed by atoms with Crippen LogP contribution in [-0.4, -0.2) is 11.3 Å². The number of hydrogen-bond acceptors (Lipinski definition) is 2. The highest BCUT2D eigenvalue weighted by Gasteiger charge is 1.91. The molecule has 1 aromatic heterocycles. The normalized spacial score (nSPS) is 9.30. The van der Waals surface area contributed by atoms with Gasteiger partial charge in [0.25, 0.3) is 0 Å². The molecule has 52 valence electrons. The number of aldehydes is 1. The van der Waals surface area contributed by atoms with Crippen LogP contribution in [0.3, 0.4) is 0 Å². The van der Waals surface area contributed by atoms with Crippen molar-refractivity contribution in [3.8, 4) is 0 Å². The third-order valence-electron chi connectivity index (χ3n) is 1.08. The molecule has 0 spiro atoms. The minimum atomic E-state index is 0.437. The molecular formula is C7H6BrNO. The van der Waals surface area contributed by atoms with E-state index in [2.05, 4.69) is 20.9 Å². The van der Waals surface area contributed by atoms with Crippen LogP contribution in [0.1, 0.15) is 5.56 Å². The van der Waals surface area contributed by atoms with E-state index < -0.39 is 0 Å². The third-order valence-corrected chi connectivity index (χ3v) is 1.51. The van der Waals surface area contributed by atoms with Gasteiger partial charge in [0.1, 0.15) is 6.29 Å². The summed E-state index contributed by atoms with van der Waals surface area (Å²) in [6.45, 7) is 0. The Balaban J connectivity index is 2.84. The van der Waals surface area contributed by atoms with Crippen LogP contribution in [-0.2, 0) is 11.2 Å². The van der Waals surface area contributed by atoms with E-state index in [9.17, 15) is 4.79 Å². The number of pyridine rings is 1. The Hall–Kier alpha value is -0.700. The maximum atomic E-state index is 10.0. The van der Waals surface area contributed by atoms with Gasteiger partial charge < -0.3 is 4.79 Å². The molecule has 0 saturated carbocycles. The van der Waals surface area contributed by atoms with E-state index in [4.69, 9.17) is 0 Å². The van der Waals surface area contributed by atoms with Gasteiger partial charge in [0.2, 0.25) is 0 Å². The Morgan fingerprint density at radius 2 is 2.40 bits per heavy atom. The molecule has 0 N–H and O–H groups in total. The molecule has 0 unspecified atom stereocenters. The number of nitrogens with zero attached hydrogens (tertiary/aromatic N) is 1. The number of carbonyl (C=O) groups excluding carboxylic acids is 1. The summed E-state index contributed by atoms with van der Waals surface area (Å²) in [5.74, 6) is 0. The number of aromatic nitrogens is 1. The molecule has 0 saturated heterocycles. The van der Waals surface area contributed by atoms with Crippen molar-refractivity contribution in [1.82, 2.24) is 4.98 Å². The highest BCUT2D eigenvalue weighted by molar-refractivity contribution is 9.10. The quantitative estimate of drug-likeness (QED) is 0.678. The van der Waals surface area contributed by atoms with Crippen LogP contribution >= 0.6 is 15.9 Å². The van der Waals surface area contributed by atoms with E-state index in [-0.39, 0.29) is 0 Å². The molecule has 0 aliphatic carbocycles. The molecule has 0 fully saturated rings. The summed E-state index contributed by atoms with van der Waals surface area (Å²) >= 11 is 3.25. The van der Waals surface area contributed by atoms with Crippen molar-refractivity contribution in [1.29, 1.82) is 0 Å². The molecule has 1 rings (SSSR count). The zero-order chi connectivity index (χ0) is 7.40. The first kappa shape index (κ1) is 7.41. The zero-order valence-electron chi connectivity index (χ0n) is 5.25. The van der Waals surface area contributed by atoms with E-state index in [0.717, 1.165) is 16.3 Å². The van der Waals surface area contributed by atoms with Gasteiger partial charge >= 0.3 is 0 Å². The summed E-state index contributed by atoms with van der Waals surface area (Å²) in [5.41, 5.74) is 0.935. The predicted octanol–water partition coefficient (Wildman–Crippen LogP) is 1.59. The summed E-state index contributed by atoms with van der Waals surface area (Å²) in [6.07, 6.45) is 4.67. The second kappa shape index (κ2) is 3.46. The molecule has 0 aromatic carbocycles. The van der Waals surface area contributed by atoms with Gasteiger partial charge in [0.05, 0.1) is 0 Å². The molecule has 1 aromatic rings. The summed E-state index contributed by atoms with van der Waals surface area (Å²) in [5, 5.41) is 0. The summed E-state index contributed by atoms with van der Waals surface area (Å²) in [7, 11) is 0. The maximum Gasteiger partial charge on any atom is 0.124 e. The van der Waals surface area contributed by atoms with Crippen molar-refractivity contribution in [2.75, 3.05) is 0 Å². The van der Waals surface area contributed by atoms with Crippen molar-refractivity contribution in [3.63, 3.8) is 0 Å². The van der Waals surface area contributed by atoms with Gasteiger partial charge in [-0.3, -0.25) is 4.98 Å². The Morgan fingerprint density at radius 3 is 3.00 bits per heavy atom. The Kier molecular flexibility index (Phi) is 2.57. The molecule has 0 amide bonds. The van der Waals surface area contributed by atoms with E-state index >= 15 is 0 Å². The molecule has 10 heavy (non-hydrogen) atoms. The monoisotopic (exact) mass is 199 g/mol. The minimum absolute atomic E-state index is 0.437. The van der Waals surface area contributed by atoms with Gasteiger partial charge in [-0.2, -0.15) is 0 Å². The number of halogens is 1. The highest BCUT2D eigenvalue weighted by atomic mass is 79.9. The van der Waals surface area contributed by atoms with E-state index in [1.807, 2.05) is 6.07 Å². The molecule has 1 heterocycles. The van der Waals surface area contributed by atoms with Gasteiger partial charge in [-0.05, 0) is 27.6 Å². The Labute approximate surface area is 67.4 Å². The Bertz CT molecular complexity index is 237. The topological polar surface area (TPSA) is 30.0 Å². The van der Waals surface area contributed by atoms with Gasteiger partial charge in [0, 0.05) is 23.3 Å². The lowest BCUT2D eigenvalue weighted by Crippen LogP contribution is -1.86. The first-order valence-corrected chi connectivity index (χ1v) is 3.65. The lowest BCUT2D eigenvalue weighted by Gasteiger charge is -1.92. The number of hydrogen-bond donors (Lipinski definition) is 0. The lowest BCUT2D eigenvalue weighted by atomic mass is 10.2. The summed E-state index contributed by atoms with van der Waals surface area (Å²) in [6, 6.07) is 1.88. The molecule has 0 bridgehead atoms. The molecular weight excluding hydrogens is 194 g/mol. The van der Waals surface area contributed by atoms with Gasteiger partial charge in [0.15, 0.2) is 0 Å². The fourth-order valence-corrected chi connectivity index (χ4v) is 1.08. The molecule has 0 aliphatic heterocycles. The van der Waals surface area contributed by atoms with Crippen LogP contribution in [0.5, 0.6) is 0 Å². The third kappa shape index (κ3) is 1.92. The van der Waals surface area contributed by atoms with E-state index in [0.29, 0.717) is 6.42 Å². The van der Waals surface area contributed by atoms with Crippen molar-refractivity contribution >= 4 is 22.2 Å². The molecule has 0 aliphatic rings. The van der Waals surface area contributed by atoms with E-state index in [1.54, 1.807) is 12.4 Å². The van der Waals surface area contributed by atoms with Gasteiger partial charge in [-0.25, -0.2) is 0 Å². The van der Waals surface area contributed by atoms with Crippen molar-refractivity contribution in [2.24, 2.45) is 0 Å². The lowest BCUT2D eigenvalue weighted by molar-refractivity contribution is -0.107. The zero-order valence-corrected chi connectivity index (χ0v) is 6.84. The Morgan fingerprint density at radius 1 is 1.60 bits per heavy atom. The predicted molar refractivity (Wildman–Crippen MR) is 41.7 cm³/mol. The number of carbonyl (C=O) groups is 1. The minimum Gasteiger partial charge on any atom is -0.303 e. The van der Waals surface area contributed by atoms with Crippen LogP contribution in [0.25, 0.3) is 0 Å². The largest absolute Gasteiger partial charge is 0.303 e. The average Bonchev–Trinajstić information content (AvgIpc) is 1.88. The SMILES string of the molecule is O=CCc1cncc(Br)c1. The first-order valence-electron chi connectivity index (χ1n) is 2.86. The molecule has 3 heteroatoms. The fraction of sp³-hybridized carbons (Fsp3) is 0.143. The van der Waals surface area contributed by atoms with Crippen LogP contribution in [0.2, 0.25) is 0 Å². The van der Waals surface area contributed by atoms with Crippen molar-refractivity contribution in [2.45, 2.75) is 6.42 Å². The highest BCUT2D eigenvalue weighted by Crippen LogP contribution is 2.08. The molecule has 0 atom stereocenters. The molecule has 2 nitrogen and oxygen atoms in total. The van der Waals surface area contributed by atoms with Gasteiger partial charge in [-0.1, -0.05) is 0 Å². The second-order valence-corrected chi connectivity index (χ2v) is 2.80. The maximum absolute atomic E-state index is 10.0. The second-order valence-electron chi connectivity index (χ2n) is 1.88. The van der Waals surface area contributed by atoms with Gasteiger partial charge in [-0.15, -0.1) is 0 Å². The van der Waals surface area contributed by atoms with Crippen molar-refractivity contribution < 1.29 is 4.79 Å². The van der Waals surface area contributed by atoms with E-state index in [1.165, 1.54) is 0 Å². The van der Waals surface area contributed by atoms with Crippen LogP contribution < -0.4 is 0 Å². The standard InChI is InChI=1S/C7H6BrNO/c8-7-3-6(1-2-10)4-9-5-7/h2-5H,1H2. The average molecular weight is 200 g/mol. The van der Waals surface area contributed by atoms with Crippen molar-refractivity contribution in [3.05, 3.63) is 28.5 Å². The number of rotatable bonds is 2. The smallest absolute Gasteiger partial charge is 0.124 e. The van der Waals surface area contributed by atoms with Crippen LogP contribution in [0.4, 0.5) is 0 Å².